The van der Waals surface area contributed by atoms with Crippen molar-refractivity contribution in [1.29, 1.82) is 0 Å². The molecule has 2 heterocycles. The van der Waals surface area contributed by atoms with Crippen molar-refractivity contribution in [2.75, 3.05) is 9.80 Å². The number of aromatic hydroxyl groups is 1. The smallest absolute Gasteiger partial charge is 0.246 e. The molecule has 4 aromatic carbocycles. The number of imide groups is 2. The first-order chi connectivity index (χ1) is 23.9. The van der Waals surface area contributed by atoms with Gasteiger partial charge in [-0.3, -0.25) is 19.2 Å². The first-order valence-electron chi connectivity index (χ1n) is 16.8. The van der Waals surface area contributed by atoms with E-state index in [2.05, 4.69) is 0 Å². The molecule has 8 rings (SSSR count). The first kappa shape index (κ1) is 32.5. The van der Waals surface area contributed by atoms with Crippen LogP contribution in [0.15, 0.2) is 96.6 Å². The molecule has 0 spiro atoms. The third kappa shape index (κ3) is 4.49. The minimum atomic E-state index is -1.39. The van der Waals surface area contributed by atoms with Crippen LogP contribution in [0.2, 0.25) is 10.0 Å². The van der Waals surface area contributed by atoms with Crippen LogP contribution >= 0.6 is 23.2 Å². The van der Waals surface area contributed by atoms with Gasteiger partial charge in [0, 0.05) is 16.0 Å². The summed E-state index contributed by atoms with van der Waals surface area (Å²) in [6.45, 7) is 5.48. The Kier molecular flexibility index (Phi) is 7.59. The average Bonchev–Trinajstić information content (AvgIpc) is 3.49. The van der Waals surface area contributed by atoms with E-state index in [1.165, 1.54) is 9.80 Å². The van der Waals surface area contributed by atoms with E-state index in [1.807, 2.05) is 69.3 Å². The number of fused-ring (bicyclic) bond motifs is 4. The second kappa shape index (κ2) is 11.7. The van der Waals surface area contributed by atoms with E-state index in [4.69, 9.17) is 23.2 Å². The Balaban J connectivity index is 1.36. The van der Waals surface area contributed by atoms with Crippen molar-refractivity contribution >= 4 is 58.2 Å². The zero-order valence-electron chi connectivity index (χ0n) is 27.7. The average molecular weight is 706 g/mol. The molecule has 3 fully saturated rings. The summed E-state index contributed by atoms with van der Waals surface area (Å²) in [5.41, 5.74) is 3.80. The first-order valence-corrected chi connectivity index (χ1v) is 17.5. The monoisotopic (exact) mass is 704 g/mol. The Hall–Kier alpha value is -4.72. The summed E-state index contributed by atoms with van der Waals surface area (Å²) < 4.78 is 0. The fraction of sp³-hybridized carbons (Fsp3) is 0.268. The number of benzene rings is 4. The standard InChI is InChI=1S/C41H34Cl2N2O5/c1-21-12-13-28(19-33(21)43)44-37(47)30-15-14-29-31(34(30)39(44)49)20-32-38(48)45(27-11-7-10-26(42)18-27)40(50)41(32,25-8-5-4-6-9-25)35(29)24-16-22(2)36(46)23(3)17-24/h4-14,16-19,30-32,34-35,46H,15,20H2,1-3H3/t30-,31+,32-,34-,35-,41+/m0/s1. The fourth-order valence-corrected chi connectivity index (χ4v) is 9.61. The van der Waals surface area contributed by atoms with Crippen LogP contribution in [0.5, 0.6) is 5.75 Å². The van der Waals surface area contributed by atoms with Gasteiger partial charge in [-0.25, -0.2) is 9.80 Å². The SMILES string of the molecule is Cc1ccc(N2C(=O)[C@H]3[C@H](CC=C4[C@H]3C[C@H]3C(=O)N(c5cccc(Cl)c5)C(=O)[C@@]3(c3ccccc3)[C@H]4c3cc(C)c(O)c(C)c3)C2=O)cc1Cl. The zero-order chi connectivity index (χ0) is 35.2. The van der Waals surface area contributed by atoms with Crippen LogP contribution in [0, 0.1) is 44.4 Å². The van der Waals surface area contributed by atoms with Gasteiger partial charge in [0.2, 0.25) is 23.6 Å². The molecule has 0 aromatic heterocycles. The van der Waals surface area contributed by atoms with Crippen LogP contribution in [0.25, 0.3) is 0 Å². The molecule has 0 bridgehead atoms. The molecule has 50 heavy (non-hydrogen) atoms. The van der Waals surface area contributed by atoms with Gasteiger partial charge in [-0.05, 0) is 97.7 Å². The van der Waals surface area contributed by atoms with Gasteiger partial charge in [0.1, 0.15) is 5.75 Å². The van der Waals surface area contributed by atoms with E-state index in [-0.39, 0.29) is 35.8 Å². The van der Waals surface area contributed by atoms with Gasteiger partial charge >= 0.3 is 0 Å². The molecular weight excluding hydrogens is 671 g/mol. The summed E-state index contributed by atoms with van der Waals surface area (Å²) in [5, 5.41) is 11.7. The topological polar surface area (TPSA) is 95.0 Å². The summed E-state index contributed by atoms with van der Waals surface area (Å²) in [7, 11) is 0. The number of nitrogens with zero attached hydrogens (tertiary/aromatic N) is 2. The molecule has 4 aromatic rings. The van der Waals surface area contributed by atoms with Crippen LogP contribution in [-0.4, -0.2) is 28.7 Å². The predicted octanol–water partition coefficient (Wildman–Crippen LogP) is 7.99. The summed E-state index contributed by atoms with van der Waals surface area (Å²) in [6.07, 6.45) is 2.53. The van der Waals surface area contributed by atoms with Crippen LogP contribution in [0.1, 0.15) is 46.6 Å². The van der Waals surface area contributed by atoms with E-state index in [0.717, 1.165) is 16.7 Å². The molecule has 7 nitrogen and oxygen atoms in total. The molecule has 2 aliphatic heterocycles. The van der Waals surface area contributed by atoms with Gasteiger partial charge in [-0.2, -0.15) is 0 Å². The van der Waals surface area contributed by atoms with Gasteiger partial charge in [-0.15, -0.1) is 0 Å². The van der Waals surface area contributed by atoms with E-state index in [1.54, 1.807) is 42.5 Å². The van der Waals surface area contributed by atoms with Gasteiger partial charge in [0.15, 0.2) is 0 Å². The maximum atomic E-state index is 15.4. The normalized spacial score (nSPS) is 27.3. The molecule has 1 N–H and O–H groups in total. The highest BCUT2D eigenvalue weighted by Crippen LogP contribution is 2.64. The Bertz CT molecular complexity index is 2160. The number of phenolic OH excluding ortho intramolecular Hbond substituents is 1. The molecule has 1 saturated carbocycles. The van der Waals surface area contributed by atoms with E-state index < -0.39 is 35.0 Å². The molecule has 4 amide bonds. The van der Waals surface area contributed by atoms with E-state index in [9.17, 15) is 19.5 Å². The molecule has 2 aliphatic carbocycles. The van der Waals surface area contributed by atoms with Crippen LogP contribution in [-0.2, 0) is 24.6 Å². The highest BCUT2D eigenvalue weighted by atomic mass is 35.5. The minimum absolute atomic E-state index is 0.155. The van der Waals surface area contributed by atoms with E-state index in [0.29, 0.717) is 44.5 Å². The minimum Gasteiger partial charge on any atom is -0.507 e. The number of allylic oxidation sites excluding steroid dienone is 2. The van der Waals surface area contributed by atoms with Gasteiger partial charge in [-0.1, -0.05) is 89.4 Å². The molecule has 252 valence electrons. The molecule has 0 radical (unpaired) electrons. The number of anilines is 2. The summed E-state index contributed by atoms with van der Waals surface area (Å²) >= 11 is 12.9. The highest BCUT2D eigenvalue weighted by molar-refractivity contribution is 6.33. The van der Waals surface area contributed by atoms with Crippen LogP contribution < -0.4 is 9.80 Å². The van der Waals surface area contributed by atoms with Crippen LogP contribution in [0.3, 0.4) is 0 Å². The van der Waals surface area contributed by atoms with Crippen molar-refractivity contribution in [3.8, 4) is 5.75 Å². The largest absolute Gasteiger partial charge is 0.507 e. The second-order valence-electron chi connectivity index (χ2n) is 14.0. The van der Waals surface area contributed by atoms with Gasteiger partial charge < -0.3 is 5.11 Å². The number of aryl methyl sites for hydroxylation is 3. The highest BCUT2D eigenvalue weighted by Gasteiger charge is 2.70. The number of amides is 4. The molecule has 6 atom stereocenters. The number of hydrogen-bond donors (Lipinski definition) is 1. The molecule has 9 heteroatoms. The molecular formula is C41H34Cl2N2O5. The van der Waals surface area contributed by atoms with Gasteiger partial charge in [0.25, 0.3) is 0 Å². The van der Waals surface area contributed by atoms with Gasteiger partial charge in [0.05, 0.1) is 34.5 Å². The van der Waals surface area contributed by atoms with Crippen molar-refractivity contribution < 1.29 is 24.3 Å². The fourth-order valence-electron chi connectivity index (χ4n) is 9.25. The number of carbonyl (C=O) groups is 4. The summed E-state index contributed by atoms with van der Waals surface area (Å²) in [5.74, 6) is -4.64. The van der Waals surface area contributed by atoms with Crippen molar-refractivity contribution in [2.24, 2.45) is 23.7 Å². The molecule has 0 unspecified atom stereocenters. The Morgan fingerprint density at radius 3 is 2.10 bits per heavy atom. The summed E-state index contributed by atoms with van der Waals surface area (Å²) in [6, 6.07) is 25.0. The maximum Gasteiger partial charge on any atom is 0.246 e. The lowest BCUT2D eigenvalue weighted by Crippen LogP contribution is -2.53. The number of rotatable bonds is 4. The van der Waals surface area contributed by atoms with Crippen LogP contribution in [0.4, 0.5) is 11.4 Å². The number of phenols is 1. The summed E-state index contributed by atoms with van der Waals surface area (Å²) in [4.78, 5) is 61.4. The van der Waals surface area contributed by atoms with Crippen molar-refractivity contribution in [3.05, 3.63) is 134 Å². The Morgan fingerprint density at radius 1 is 0.720 bits per heavy atom. The number of halogens is 2. The predicted molar refractivity (Wildman–Crippen MR) is 192 cm³/mol. The zero-order valence-corrected chi connectivity index (χ0v) is 29.2. The van der Waals surface area contributed by atoms with Crippen molar-refractivity contribution in [3.63, 3.8) is 0 Å². The van der Waals surface area contributed by atoms with E-state index >= 15 is 4.79 Å². The second-order valence-corrected chi connectivity index (χ2v) is 14.9. The quantitative estimate of drug-likeness (QED) is 0.172. The Labute approximate surface area is 300 Å². The molecule has 2 saturated heterocycles. The Morgan fingerprint density at radius 2 is 1.42 bits per heavy atom. The van der Waals surface area contributed by atoms with Crippen molar-refractivity contribution in [1.82, 2.24) is 0 Å². The number of hydrogen-bond acceptors (Lipinski definition) is 5. The molecule has 4 aliphatic rings. The maximum absolute atomic E-state index is 15.4. The number of carbonyl (C=O) groups excluding carboxylic acids is 4. The lowest BCUT2D eigenvalue weighted by atomic mass is 9.49. The third-order valence-corrected chi connectivity index (χ3v) is 12.1. The van der Waals surface area contributed by atoms with Crippen molar-refractivity contribution in [2.45, 2.75) is 44.9 Å². The lowest BCUT2D eigenvalue weighted by molar-refractivity contribution is -0.127. The third-order valence-electron chi connectivity index (χ3n) is 11.4. The lowest BCUT2D eigenvalue weighted by Gasteiger charge is -2.51.